The van der Waals surface area contributed by atoms with Crippen LogP contribution in [0.2, 0.25) is 0 Å². The van der Waals surface area contributed by atoms with E-state index in [4.69, 9.17) is 14.9 Å². The number of nitrogens with two attached hydrogens (primary N) is 1. The topological polar surface area (TPSA) is 107 Å². The number of anilines is 1. The predicted molar refractivity (Wildman–Crippen MR) is 83.2 cm³/mol. The summed E-state index contributed by atoms with van der Waals surface area (Å²) in [5.41, 5.74) is 8.07. The third kappa shape index (κ3) is 2.21. The number of aromatic nitrogens is 2. The van der Waals surface area contributed by atoms with Gasteiger partial charge in [-0.3, -0.25) is 0 Å². The molecule has 1 aromatic carbocycles. The van der Waals surface area contributed by atoms with E-state index in [1.54, 1.807) is 18.2 Å². The molecule has 0 aliphatic carbocycles. The fourth-order valence-corrected chi connectivity index (χ4v) is 2.43. The standard InChI is InChI=1S/C16H14N4O3/c1-3-12-19-14-10(5-4-6-11(14)23-12)20-8-9(7-17)13(18)15(20)16(21)22-2/h4-6,8H,3,18H2,1-2H3. The molecular weight excluding hydrogens is 296 g/mol. The van der Waals surface area contributed by atoms with E-state index in [0.29, 0.717) is 29.1 Å². The Morgan fingerprint density at radius 3 is 2.96 bits per heavy atom. The third-order valence-electron chi connectivity index (χ3n) is 3.55. The monoisotopic (exact) mass is 310 g/mol. The average molecular weight is 310 g/mol. The molecule has 0 spiro atoms. The second kappa shape index (κ2) is 5.50. The molecule has 0 saturated carbocycles. The summed E-state index contributed by atoms with van der Waals surface area (Å²) in [6.07, 6.45) is 2.14. The van der Waals surface area contributed by atoms with Gasteiger partial charge in [0.05, 0.1) is 24.0 Å². The van der Waals surface area contributed by atoms with E-state index < -0.39 is 5.97 Å². The van der Waals surface area contributed by atoms with Crippen molar-refractivity contribution in [3.05, 3.63) is 41.5 Å². The van der Waals surface area contributed by atoms with E-state index in [-0.39, 0.29) is 16.9 Å². The Morgan fingerprint density at radius 1 is 1.52 bits per heavy atom. The number of nitrogen functional groups attached to an aromatic ring is 1. The van der Waals surface area contributed by atoms with E-state index >= 15 is 0 Å². The van der Waals surface area contributed by atoms with Gasteiger partial charge >= 0.3 is 5.97 Å². The molecule has 0 aliphatic rings. The minimum absolute atomic E-state index is 0.0792. The van der Waals surface area contributed by atoms with E-state index in [1.165, 1.54) is 17.9 Å². The lowest BCUT2D eigenvalue weighted by molar-refractivity contribution is 0.0593. The average Bonchev–Trinajstić information content (AvgIpc) is 3.14. The number of oxazole rings is 1. The van der Waals surface area contributed by atoms with Crippen molar-refractivity contribution < 1.29 is 13.9 Å². The summed E-state index contributed by atoms with van der Waals surface area (Å²) in [6.45, 7) is 1.94. The van der Waals surface area contributed by atoms with Gasteiger partial charge in [-0.1, -0.05) is 13.0 Å². The molecule has 0 saturated heterocycles. The minimum Gasteiger partial charge on any atom is -0.464 e. The number of methoxy groups -OCH3 is 1. The van der Waals surface area contributed by atoms with Crippen molar-refractivity contribution in [1.82, 2.24) is 9.55 Å². The lowest BCUT2D eigenvalue weighted by atomic mass is 10.2. The van der Waals surface area contributed by atoms with Crippen LogP contribution in [-0.4, -0.2) is 22.6 Å². The van der Waals surface area contributed by atoms with E-state index in [1.807, 2.05) is 13.0 Å². The van der Waals surface area contributed by atoms with Crippen LogP contribution in [0.3, 0.4) is 0 Å². The zero-order chi connectivity index (χ0) is 16.6. The molecule has 0 unspecified atom stereocenters. The van der Waals surface area contributed by atoms with E-state index in [9.17, 15) is 10.1 Å². The van der Waals surface area contributed by atoms with Crippen molar-refractivity contribution in [1.29, 1.82) is 5.26 Å². The summed E-state index contributed by atoms with van der Waals surface area (Å²) in [5.74, 6) is -0.0343. The Kier molecular flexibility index (Phi) is 3.50. The lowest BCUT2D eigenvalue weighted by Gasteiger charge is -2.08. The van der Waals surface area contributed by atoms with Crippen LogP contribution in [0.1, 0.15) is 28.9 Å². The van der Waals surface area contributed by atoms with Crippen LogP contribution in [0.15, 0.2) is 28.8 Å². The molecular formula is C16H14N4O3. The Hall–Kier alpha value is -3.27. The Bertz CT molecular complexity index is 946. The number of rotatable bonds is 3. The van der Waals surface area contributed by atoms with Gasteiger partial charge in [-0.2, -0.15) is 5.26 Å². The fraction of sp³-hybridized carbons (Fsp3) is 0.188. The number of ether oxygens (including phenoxy) is 1. The van der Waals surface area contributed by atoms with Crippen LogP contribution in [0.4, 0.5) is 5.69 Å². The van der Waals surface area contributed by atoms with Gasteiger partial charge in [0.1, 0.15) is 11.6 Å². The minimum atomic E-state index is -0.625. The number of nitriles is 1. The highest BCUT2D eigenvalue weighted by atomic mass is 16.5. The van der Waals surface area contributed by atoms with Crippen molar-refractivity contribution in [2.75, 3.05) is 12.8 Å². The van der Waals surface area contributed by atoms with Gasteiger partial charge in [-0.25, -0.2) is 9.78 Å². The molecule has 0 fully saturated rings. The number of nitrogens with zero attached hydrogens (tertiary/aromatic N) is 3. The molecule has 0 aliphatic heterocycles. The van der Waals surface area contributed by atoms with Gasteiger partial charge in [0.15, 0.2) is 17.2 Å². The molecule has 0 bridgehead atoms. The van der Waals surface area contributed by atoms with Gasteiger partial charge in [-0.05, 0) is 12.1 Å². The zero-order valence-corrected chi connectivity index (χ0v) is 12.7. The van der Waals surface area contributed by atoms with Crippen molar-refractivity contribution in [2.24, 2.45) is 0 Å². The molecule has 2 aromatic heterocycles. The summed E-state index contributed by atoms with van der Waals surface area (Å²) >= 11 is 0. The number of aryl methyl sites for hydroxylation is 1. The van der Waals surface area contributed by atoms with E-state index in [0.717, 1.165) is 0 Å². The van der Waals surface area contributed by atoms with Gasteiger partial charge in [0.2, 0.25) is 0 Å². The first-order valence-corrected chi connectivity index (χ1v) is 6.98. The SMILES string of the molecule is CCc1nc2c(-n3cc(C#N)c(N)c3C(=O)OC)cccc2o1. The number of fused-ring (bicyclic) bond motifs is 1. The maximum Gasteiger partial charge on any atom is 0.357 e. The molecule has 0 radical (unpaired) electrons. The Labute approximate surface area is 131 Å². The number of hydrogen-bond donors (Lipinski definition) is 1. The first-order valence-electron chi connectivity index (χ1n) is 6.98. The molecule has 3 aromatic rings. The normalized spacial score (nSPS) is 10.7. The Morgan fingerprint density at radius 2 is 2.30 bits per heavy atom. The van der Waals surface area contributed by atoms with Crippen molar-refractivity contribution >= 4 is 22.8 Å². The number of carbonyl (C=O) groups excluding carboxylic acids is 1. The van der Waals surface area contributed by atoms with Gasteiger partial charge in [0, 0.05) is 12.6 Å². The quantitative estimate of drug-likeness (QED) is 0.744. The summed E-state index contributed by atoms with van der Waals surface area (Å²) in [7, 11) is 1.26. The molecule has 23 heavy (non-hydrogen) atoms. The second-order valence-corrected chi connectivity index (χ2v) is 4.86. The maximum absolute atomic E-state index is 12.1. The largest absolute Gasteiger partial charge is 0.464 e. The number of hydrogen-bond acceptors (Lipinski definition) is 6. The van der Waals surface area contributed by atoms with Gasteiger partial charge in [-0.15, -0.1) is 0 Å². The lowest BCUT2D eigenvalue weighted by Crippen LogP contribution is -2.11. The fourth-order valence-electron chi connectivity index (χ4n) is 2.43. The highest BCUT2D eigenvalue weighted by Gasteiger charge is 2.23. The van der Waals surface area contributed by atoms with Crippen LogP contribution in [0, 0.1) is 11.3 Å². The molecule has 116 valence electrons. The number of carbonyl (C=O) groups is 1. The van der Waals surface area contributed by atoms with Crippen molar-refractivity contribution in [2.45, 2.75) is 13.3 Å². The molecule has 0 amide bonds. The molecule has 0 atom stereocenters. The zero-order valence-electron chi connectivity index (χ0n) is 12.7. The number of benzene rings is 1. The van der Waals surface area contributed by atoms with Crippen molar-refractivity contribution in [3.63, 3.8) is 0 Å². The first kappa shape index (κ1) is 14.7. The molecule has 7 nitrogen and oxygen atoms in total. The summed E-state index contributed by atoms with van der Waals surface area (Å²) < 4.78 is 11.9. The van der Waals surface area contributed by atoms with Crippen LogP contribution in [0.5, 0.6) is 0 Å². The third-order valence-corrected chi connectivity index (χ3v) is 3.55. The summed E-state index contributed by atoms with van der Waals surface area (Å²) in [4.78, 5) is 16.5. The maximum atomic E-state index is 12.1. The van der Waals surface area contributed by atoms with Gasteiger partial charge in [0.25, 0.3) is 0 Å². The van der Waals surface area contributed by atoms with Crippen LogP contribution in [0.25, 0.3) is 16.8 Å². The number of esters is 1. The second-order valence-electron chi connectivity index (χ2n) is 4.86. The molecule has 7 heteroatoms. The highest BCUT2D eigenvalue weighted by molar-refractivity contribution is 5.97. The summed E-state index contributed by atoms with van der Waals surface area (Å²) in [5, 5.41) is 9.18. The predicted octanol–water partition coefficient (Wildman–Crippen LogP) is 2.42. The van der Waals surface area contributed by atoms with Crippen LogP contribution in [-0.2, 0) is 11.2 Å². The smallest absolute Gasteiger partial charge is 0.357 e. The van der Waals surface area contributed by atoms with E-state index in [2.05, 4.69) is 4.98 Å². The van der Waals surface area contributed by atoms with Crippen LogP contribution >= 0.6 is 0 Å². The highest BCUT2D eigenvalue weighted by Crippen LogP contribution is 2.29. The molecule has 2 N–H and O–H groups in total. The Balaban J connectivity index is 2.33. The number of para-hydroxylation sites is 1. The molecule has 2 heterocycles. The van der Waals surface area contributed by atoms with Crippen LogP contribution < -0.4 is 5.73 Å². The van der Waals surface area contributed by atoms with Crippen molar-refractivity contribution in [3.8, 4) is 11.8 Å². The first-order chi connectivity index (χ1) is 11.1. The summed E-state index contributed by atoms with van der Waals surface area (Å²) in [6, 6.07) is 7.32. The van der Waals surface area contributed by atoms with Gasteiger partial charge < -0.3 is 19.5 Å². The molecule has 3 rings (SSSR count).